The number of hydrogen-bond acceptors (Lipinski definition) is 3. The average molecular weight is 275 g/mol. The molecule has 1 aliphatic rings. The summed E-state index contributed by atoms with van der Waals surface area (Å²) in [7, 11) is 4.09. The fraction of sp³-hybridized carbons (Fsp3) is 0.562. The van der Waals surface area contributed by atoms with Gasteiger partial charge in [-0.15, -0.1) is 0 Å². The first-order chi connectivity index (χ1) is 9.68. The number of hydrogen-bond donors (Lipinski definition) is 1. The number of carbonyl (C=O) groups excluding carboxylic acids is 1. The lowest BCUT2D eigenvalue weighted by molar-refractivity contribution is 0.0953. The first-order valence-electron chi connectivity index (χ1n) is 7.45. The third kappa shape index (κ3) is 3.97. The molecule has 0 bridgehead atoms. The molecule has 1 fully saturated rings. The topological polar surface area (TPSA) is 35.6 Å². The second-order valence-corrected chi connectivity index (χ2v) is 5.62. The zero-order valence-electron chi connectivity index (χ0n) is 12.6. The van der Waals surface area contributed by atoms with Crippen LogP contribution in [0.1, 0.15) is 29.6 Å². The Hall–Kier alpha value is -1.55. The molecule has 0 unspecified atom stereocenters. The SMILES string of the molecule is CN(C)CCCNC(=O)c1ccccc1N1CCCC1. The monoisotopic (exact) mass is 275 g/mol. The van der Waals surface area contributed by atoms with Crippen LogP contribution in [0.3, 0.4) is 0 Å². The molecular weight excluding hydrogens is 250 g/mol. The first kappa shape index (κ1) is 14.9. The summed E-state index contributed by atoms with van der Waals surface area (Å²) in [6.45, 7) is 3.84. The quantitative estimate of drug-likeness (QED) is 0.806. The third-order valence-electron chi connectivity index (χ3n) is 3.66. The van der Waals surface area contributed by atoms with Crippen LogP contribution in [0, 0.1) is 0 Å². The van der Waals surface area contributed by atoms with Crippen LogP contribution >= 0.6 is 0 Å². The van der Waals surface area contributed by atoms with E-state index in [9.17, 15) is 4.79 Å². The normalized spacial score (nSPS) is 14.8. The lowest BCUT2D eigenvalue weighted by Gasteiger charge is -2.21. The maximum atomic E-state index is 12.3. The number of rotatable bonds is 6. The van der Waals surface area contributed by atoms with E-state index >= 15 is 0 Å². The molecule has 0 aromatic heterocycles. The van der Waals surface area contributed by atoms with Crippen molar-refractivity contribution in [2.45, 2.75) is 19.3 Å². The predicted octanol–water partition coefficient (Wildman–Crippen LogP) is 1.97. The van der Waals surface area contributed by atoms with E-state index in [4.69, 9.17) is 0 Å². The molecule has 20 heavy (non-hydrogen) atoms. The minimum Gasteiger partial charge on any atom is -0.371 e. The molecule has 4 heteroatoms. The maximum absolute atomic E-state index is 12.3. The molecule has 1 heterocycles. The van der Waals surface area contributed by atoms with Crippen LogP contribution in [0.4, 0.5) is 5.69 Å². The van der Waals surface area contributed by atoms with Crippen molar-refractivity contribution >= 4 is 11.6 Å². The molecule has 0 saturated carbocycles. The molecule has 1 aromatic carbocycles. The van der Waals surface area contributed by atoms with Gasteiger partial charge in [0.25, 0.3) is 5.91 Å². The summed E-state index contributed by atoms with van der Waals surface area (Å²) in [6, 6.07) is 7.93. The van der Waals surface area contributed by atoms with Crippen molar-refractivity contribution in [2.75, 3.05) is 45.2 Å². The predicted molar refractivity (Wildman–Crippen MR) is 83.4 cm³/mol. The average Bonchev–Trinajstić information content (AvgIpc) is 2.97. The highest BCUT2D eigenvalue weighted by molar-refractivity contribution is 5.99. The van der Waals surface area contributed by atoms with Gasteiger partial charge in [0.1, 0.15) is 0 Å². The Morgan fingerprint density at radius 2 is 1.95 bits per heavy atom. The molecule has 0 spiro atoms. The number of anilines is 1. The van der Waals surface area contributed by atoms with E-state index in [2.05, 4.69) is 21.2 Å². The summed E-state index contributed by atoms with van der Waals surface area (Å²) < 4.78 is 0. The van der Waals surface area contributed by atoms with Crippen molar-refractivity contribution in [2.24, 2.45) is 0 Å². The Morgan fingerprint density at radius 3 is 2.65 bits per heavy atom. The summed E-state index contributed by atoms with van der Waals surface area (Å²) in [5, 5.41) is 3.03. The van der Waals surface area contributed by atoms with E-state index < -0.39 is 0 Å². The van der Waals surface area contributed by atoms with Gasteiger partial charge in [0.2, 0.25) is 0 Å². The zero-order valence-corrected chi connectivity index (χ0v) is 12.6. The molecule has 110 valence electrons. The van der Waals surface area contributed by atoms with E-state index in [0.717, 1.165) is 43.9 Å². The van der Waals surface area contributed by atoms with Crippen LogP contribution in [0.25, 0.3) is 0 Å². The molecule has 0 radical (unpaired) electrons. The smallest absolute Gasteiger partial charge is 0.253 e. The van der Waals surface area contributed by atoms with Gasteiger partial charge in [0, 0.05) is 25.3 Å². The van der Waals surface area contributed by atoms with Gasteiger partial charge in [-0.25, -0.2) is 0 Å². The summed E-state index contributed by atoms with van der Waals surface area (Å²) in [5.41, 5.74) is 1.88. The second kappa shape index (κ2) is 7.29. The number of carbonyl (C=O) groups is 1. The van der Waals surface area contributed by atoms with Gasteiger partial charge < -0.3 is 15.1 Å². The van der Waals surface area contributed by atoms with Crippen molar-refractivity contribution in [1.82, 2.24) is 10.2 Å². The van der Waals surface area contributed by atoms with Crippen molar-refractivity contribution in [3.63, 3.8) is 0 Å². The van der Waals surface area contributed by atoms with Crippen LogP contribution < -0.4 is 10.2 Å². The fourth-order valence-electron chi connectivity index (χ4n) is 2.59. The van der Waals surface area contributed by atoms with Crippen molar-refractivity contribution in [3.8, 4) is 0 Å². The molecular formula is C16H25N3O. The Balaban J connectivity index is 1.95. The highest BCUT2D eigenvalue weighted by atomic mass is 16.1. The van der Waals surface area contributed by atoms with E-state index in [1.165, 1.54) is 12.8 Å². The van der Waals surface area contributed by atoms with Gasteiger partial charge in [-0.05, 0) is 52.0 Å². The highest BCUT2D eigenvalue weighted by Crippen LogP contribution is 2.24. The molecule has 0 atom stereocenters. The minimum absolute atomic E-state index is 0.0475. The number of nitrogens with one attached hydrogen (secondary N) is 1. The molecule has 1 aliphatic heterocycles. The molecule has 1 saturated heterocycles. The number of benzene rings is 1. The van der Waals surface area contributed by atoms with Crippen molar-refractivity contribution < 1.29 is 4.79 Å². The number of nitrogens with zero attached hydrogens (tertiary/aromatic N) is 2. The van der Waals surface area contributed by atoms with Gasteiger partial charge in [-0.1, -0.05) is 12.1 Å². The minimum atomic E-state index is 0.0475. The summed E-state index contributed by atoms with van der Waals surface area (Å²) >= 11 is 0. The van der Waals surface area contributed by atoms with Crippen LogP contribution in [-0.2, 0) is 0 Å². The van der Waals surface area contributed by atoms with Gasteiger partial charge in [-0.3, -0.25) is 4.79 Å². The first-order valence-corrected chi connectivity index (χ1v) is 7.45. The molecule has 1 amide bonds. The Kier molecular flexibility index (Phi) is 5.41. The van der Waals surface area contributed by atoms with Crippen LogP contribution in [-0.4, -0.2) is 51.1 Å². The summed E-state index contributed by atoms with van der Waals surface area (Å²) in [4.78, 5) is 16.8. The van der Waals surface area contributed by atoms with E-state index in [1.54, 1.807) is 0 Å². The van der Waals surface area contributed by atoms with Gasteiger partial charge >= 0.3 is 0 Å². The van der Waals surface area contributed by atoms with E-state index in [-0.39, 0.29) is 5.91 Å². The van der Waals surface area contributed by atoms with E-state index in [1.807, 2.05) is 32.3 Å². The Labute approximate surface area is 121 Å². The fourth-order valence-corrected chi connectivity index (χ4v) is 2.59. The molecule has 0 aliphatic carbocycles. The lowest BCUT2D eigenvalue weighted by Crippen LogP contribution is -2.29. The molecule has 4 nitrogen and oxygen atoms in total. The van der Waals surface area contributed by atoms with Gasteiger partial charge in [0.05, 0.1) is 5.56 Å². The molecule has 1 aromatic rings. The largest absolute Gasteiger partial charge is 0.371 e. The Bertz CT molecular complexity index is 439. The van der Waals surface area contributed by atoms with Crippen LogP contribution in [0.15, 0.2) is 24.3 Å². The lowest BCUT2D eigenvalue weighted by atomic mass is 10.1. The number of para-hydroxylation sites is 1. The maximum Gasteiger partial charge on any atom is 0.253 e. The second-order valence-electron chi connectivity index (χ2n) is 5.62. The molecule has 2 rings (SSSR count). The zero-order chi connectivity index (χ0) is 14.4. The van der Waals surface area contributed by atoms with Gasteiger partial charge in [-0.2, -0.15) is 0 Å². The summed E-state index contributed by atoms with van der Waals surface area (Å²) in [6.07, 6.45) is 3.42. The van der Waals surface area contributed by atoms with E-state index in [0.29, 0.717) is 0 Å². The highest BCUT2D eigenvalue weighted by Gasteiger charge is 2.18. The standard InChI is InChI=1S/C16H25N3O/c1-18(2)11-7-10-17-16(20)14-8-3-4-9-15(14)19-12-5-6-13-19/h3-4,8-9H,5-7,10-13H2,1-2H3,(H,17,20). The third-order valence-corrected chi connectivity index (χ3v) is 3.66. The number of amides is 1. The van der Waals surface area contributed by atoms with Crippen molar-refractivity contribution in [3.05, 3.63) is 29.8 Å². The van der Waals surface area contributed by atoms with Crippen LogP contribution in [0.2, 0.25) is 0 Å². The summed E-state index contributed by atoms with van der Waals surface area (Å²) in [5.74, 6) is 0.0475. The van der Waals surface area contributed by atoms with Gasteiger partial charge in [0.15, 0.2) is 0 Å². The Morgan fingerprint density at radius 1 is 1.25 bits per heavy atom. The molecule has 1 N–H and O–H groups in total. The van der Waals surface area contributed by atoms with Crippen molar-refractivity contribution in [1.29, 1.82) is 0 Å². The van der Waals surface area contributed by atoms with Crippen LogP contribution in [0.5, 0.6) is 0 Å².